The van der Waals surface area contributed by atoms with Gasteiger partial charge in [-0.2, -0.15) is 10.2 Å². The molecule has 1 unspecified atom stereocenters. The van der Waals surface area contributed by atoms with Gasteiger partial charge in [0.2, 0.25) is 0 Å². The van der Waals surface area contributed by atoms with E-state index in [9.17, 15) is 24.0 Å². The number of esters is 1. The fourth-order valence-corrected chi connectivity index (χ4v) is 6.57. The maximum Gasteiger partial charge on any atom is 0.459 e. The molecule has 1 aliphatic rings. The second-order valence-corrected chi connectivity index (χ2v) is 13.7. The Hall–Kier alpha value is -3.95. The summed E-state index contributed by atoms with van der Waals surface area (Å²) in [7, 11) is -4.51. The average molecular weight is 688 g/mol. The summed E-state index contributed by atoms with van der Waals surface area (Å²) in [5, 5.41) is 28.6. The van der Waals surface area contributed by atoms with Crippen LogP contribution >= 0.6 is 7.75 Å². The number of nitrogens with zero attached hydrogens (tertiary/aromatic N) is 3. The van der Waals surface area contributed by atoms with Crippen molar-refractivity contribution in [2.24, 2.45) is 0 Å². The number of ether oxygens (including phenoxy) is 3. The van der Waals surface area contributed by atoms with Crippen molar-refractivity contribution in [2.75, 3.05) is 25.6 Å². The molecule has 1 fully saturated rings. The molecule has 14 nitrogen and oxygen atoms in total. The van der Waals surface area contributed by atoms with Gasteiger partial charge in [0.1, 0.15) is 60.8 Å². The summed E-state index contributed by atoms with van der Waals surface area (Å²) in [5.41, 5.74) is 4.49. The highest BCUT2D eigenvalue weighted by Gasteiger charge is 2.57. The van der Waals surface area contributed by atoms with Crippen molar-refractivity contribution < 1.29 is 47.2 Å². The van der Waals surface area contributed by atoms with E-state index in [0.717, 1.165) is 5.56 Å². The van der Waals surface area contributed by atoms with Crippen LogP contribution in [0.15, 0.2) is 79.1 Å². The molecule has 0 bridgehead atoms. The molecule has 258 valence electrons. The Morgan fingerprint density at radius 2 is 1.83 bits per heavy atom. The first kappa shape index (κ1) is 35.4. The zero-order valence-electron chi connectivity index (χ0n) is 26.6. The Bertz CT molecular complexity index is 1730. The number of para-hydroxylation sites is 1. The predicted octanol–water partition coefficient (Wildman–Crippen LogP) is 3.53. The van der Waals surface area contributed by atoms with Crippen LogP contribution in [0.1, 0.15) is 38.1 Å². The summed E-state index contributed by atoms with van der Waals surface area (Å²) < 4.78 is 58.9. The number of alkyl halides is 1. The number of nitrogen functional groups attached to an aromatic ring is 1. The Labute approximate surface area is 276 Å². The van der Waals surface area contributed by atoms with Gasteiger partial charge in [-0.3, -0.25) is 9.32 Å². The number of halogens is 1. The topological polar surface area (TPSA) is 189 Å². The Balaban J connectivity index is 1.28. The molecule has 3 heterocycles. The first-order valence-corrected chi connectivity index (χ1v) is 16.7. The molecule has 5 N–H and O–H groups in total. The van der Waals surface area contributed by atoms with Gasteiger partial charge >= 0.3 is 13.7 Å². The third-order valence-electron chi connectivity index (χ3n) is 7.75. The lowest BCUT2D eigenvalue weighted by atomic mass is 9.96. The summed E-state index contributed by atoms with van der Waals surface area (Å²) in [6, 6.07) is 19.4. The minimum Gasteiger partial charge on any atom is -0.461 e. The average Bonchev–Trinajstić information content (AvgIpc) is 3.62. The summed E-state index contributed by atoms with van der Waals surface area (Å²) in [6.45, 7) is 2.90. The molecule has 5 rings (SSSR count). The zero-order chi connectivity index (χ0) is 34.5. The maximum absolute atomic E-state index is 14.8. The summed E-state index contributed by atoms with van der Waals surface area (Å²) in [5.74, 6) is -0.521. The summed E-state index contributed by atoms with van der Waals surface area (Å²) >= 11 is 0. The van der Waals surface area contributed by atoms with Crippen LogP contribution in [0, 0.1) is 0 Å². The van der Waals surface area contributed by atoms with Crippen LogP contribution in [0.4, 0.5) is 10.2 Å². The van der Waals surface area contributed by atoms with Crippen molar-refractivity contribution in [1.82, 2.24) is 19.7 Å². The molecule has 0 amide bonds. The van der Waals surface area contributed by atoms with Gasteiger partial charge < -0.3 is 34.7 Å². The van der Waals surface area contributed by atoms with Gasteiger partial charge in [0.25, 0.3) is 0 Å². The number of benzene rings is 2. The van der Waals surface area contributed by atoms with Crippen molar-refractivity contribution in [3.8, 4) is 5.75 Å². The summed E-state index contributed by atoms with van der Waals surface area (Å²) in [4.78, 5) is 16.9. The number of rotatable bonds is 15. The maximum atomic E-state index is 14.8. The molecule has 0 aliphatic carbocycles. The first-order chi connectivity index (χ1) is 22.9. The number of nitrogens with one attached hydrogen (secondary N) is 1. The van der Waals surface area contributed by atoms with Crippen LogP contribution in [-0.4, -0.2) is 80.1 Å². The molecule has 0 saturated carbocycles. The van der Waals surface area contributed by atoms with Crippen molar-refractivity contribution in [1.29, 1.82) is 0 Å². The van der Waals surface area contributed by atoms with Gasteiger partial charge in [0.05, 0.1) is 24.5 Å². The molecule has 6 atom stereocenters. The van der Waals surface area contributed by atoms with E-state index in [2.05, 4.69) is 15.2 Å². The monoisotopic (exact) mass is 687 g/mol. The number of hydrogen-bond acceptors (Lipinski definition) is 12. The van der Waals surface area contributed by atoms with E-state index < -0.39 is 62.6 Å². The van der Waals surface area contributed by atoms with Gasteiger partial charge in [-0.1, -0.05) is 48.5 Å². The highest BCUT2D eigenvalue weighted by atomic mass is 31.2. The fraction of sp³-hybridized carbons (Fsp3) is 0.406. The third-order valence-corrected chi connectivity index (χ3v) is 9.37. The molecule has 0 radical (unpaired) electrons. The number of anilines is 1. The number of carbonyl (C=O) groups is 1. The van der Waals surface area contributed by atoms with Crippen molar-refractivity contribution in [3.05, 3.63) is 90.4 Å². The highest BCUT2D eigenvalue weighted by Crippen LogP contribution is 2.48. The number of nitrogens with two attached hydrogens (primary N) is 1. The number of aromatic nitrogens is 3. The Morgan fingerprint density at radius 3 is 2.52 bits per heavy atom. The van der Waals surface area contributed by atoms with E-state index in [-0.39, 0.29) is 23.9 Å². The van der Waals surface area contributed by atoms with E-state index in [4.69, 9.17) is 29.0 Å². The van der Waals surface area contributed by atoms with E-state index in [1.807, 2.05) is 30.3 Å². The van der Waals surface area contributed by atoms with Crippen LogP contribution in [-0.2, 0) is 34.7 Å². The lowest BCUT2D eigenvalue weighted by molar-refractivity contribution is -0.155. The van der Waals surface area contributed by atoms with Crippen molar-refractivity contribution >= 4 is 25.1 Å². The normalized spacial score (nSPS) is 23.1. The predicted molar refractivity (Wildman–Crippen MR) is 171 cm³/mol. The molecular weight excluding hydrogens is 648 g/mol. The van der Waals surface area contributed by atoms with E-state index in [1.165, 1.54) is 29.9 Å². The lowest BCUT2D eigenvalue weighted by Crippen LogP contribution is -2.49. The molecule has 48 heavy (non-hydrogen) atoms. The van der Waals surface area contributed by atoms with Crippen LogP contribution in [0.5, 0.6) is 5.75 Å². The number of fused-ring (bicyclic) bond motifs is 1. The molecular formula is C32H39FN5O9P. The van der Waals surface area contributed by atoms with Crippen molar-refractivity contribution in [3.63, 3.8) is 0 Å². The van der Waals surface area contributed by atoms with Crippen LogP contribution in [0.2, 0.25) is 0 Å². The Morgan fingerprint density at radius 1 is 1.15 bits per heavy atom. The Kier molecular flexibility index (Phi) is 10.8. The minimum atomic E-state index is -4.51. The number of aliphatic hydroxyl groups excluding tert-OH is 2. The standard InChI is InChI=1S/C32H39FN5O9P/c1-21(30(41)43-18-31(2,3)44-16-22-10-6-4-7-11-22)37-48(42,47-23-12-8-5-9-13-23)45-19-32(17-33)28(40)26(39)27(46-32)24-14-15-25-29(34)35-20-36-38(24)25/h4-15,20-21,26-28,39-40H,16-19H2,1-3H3,(H,37,42)(H2,34,35,36)/t21-,26-,27-,28-,32+,48?/m0/s1. The van der Waals surface area contributed by atoms with Crippen LogP contribution in [0.25, 0.3) is 5.52 Å². The zero-order valence-corrected chi connectivity index (χ0v) is 27.5. The minimum absolute atomic E-state index is 0.112. The first-order valence-electron chi connectivity index (χ1n) is 15.1. The van der Waals surface area contributed by atoms with Gasteiger partial charge in [-0.05, 0) is 50.6 Å². The fourth-order valence-electron chi connectivity index (χ4n) is 5.02. The van der Waals surface area contributed by atoms with E-state index in [0.29, 0.717) is 12.1 Å². The number of aliphatic hydroxyl groups is 2. The van der Waals surface area contributed by atoms with Gasteiger partial charge in [0, 0.05) is 0 Å². The molecule has 1 aliphatic heterocycles. The van der Waals surface area contributed by atoms with Gasteiger partial charge in [-0.15, -0.1) is 0 Å². The second-order valence-electron chi connectivity index (χ2n) is 12.0. The van der Waals surface area contributed by atoms with Gasteiger partial charge in [-0.25, -0.2) is 18.5 Å². The molecule has 0 spiro atoms. The van der Waals surface area contributed by atoms with Crippen LogP contribution in [0.3, 0.4) is 0 Å². The molecule has 1 saturated heterocycles. The number of carbonyl (C=O) groups excluding carboxylic acids is 1. The SMILES string of the molecule is C[C@H](NP(=O)(OC[C@@]1(CF)O[C@@H](c2ccc3c(N)ncnn23)[C@H](O)[C@@H]1O)Oc1ccccc1)C(=O)OCC(C)(C)OCc1ccccc1. The highest BCUT2D eigenvalue weighted by molar-refractivity contribution is 7.52. The molecule has 2 aromatic carbocycles. The number of hydrogen-bond donors (Lipinski definition) is 4. The van der Waals surface area contributed by atoms with E-state index >= 15 is 0 Å². The second kappa shape index (κ2) is 14.7. The quantitative estimate of drug-likeness (QED) is 0.105. The third kappa shape index (κ3) is 8.01. The van der Waals surface area contributed by atoms with Gasteiger partial charge in [0.15, 0.2) is 5.82 Å². The summed E-state index contributed by atoms with van der Waals surface area (Å²) in [6.07, 6.45) is -3.55. The van der Waals surface area contributed by atoms with Crippen molar-refractivity contribution in [2.45, 2.75) is 62.9 Å². The largest absolute Gasteiger partial charge is 0.461 e. The molecule has 4 aromatic rings. The lowest BCUT2D eigenvalue weighted by Gasteiger charge is -2.31. The van der Waals surface area contributed by atoms with E-state index in [1.54, 1.807) is 44.2 Å². The van der Waals surface area contributed by atoms with Crippen LogP contribution < -0.4 is 15.3 Å². The molecule has 16 heteroatoms. The molecule has 2 aromatic heterocycles. The smallest absolute Gasteiger partial charge is 0.459 e.